The summed E-state index contributed by atoms with van der Waals surface area (Å²) in [5, 5.41) is 3.31. The van der Waals surface area contributed by atoms with Crippen LogP contribution in [0.1, 0.15) is 24.4 Å². The highest BCUT2D eigenvalue weighted by Crippen LogP contribution is 2.40. The molecule has 0 bridgehead atoms. The Labute approximate surface area is 193 Å². The monoisotopic (exact) mass is 444 g/mol. The quantitative estimate of drug-likeness (QED) is 0.369. The molecule has 32 heavy (non-hydrogen) atoms. The molecule has 3 heterocycles. The normalized spacial score (nSPS) is 15.2. The molecule has 2 aromatic carbocycles. The van der Waals surface area contributed by atoms with Gasteiger partial charge >= 0.3 is 0 Å². The number of likely N-dealkylation sites (tertiary alicyclic amines) is 1. The van der Waals surface area contributed by atoms with Crippen molar-refractivity contribution in [3.05, 3.63) is 71.9 Å². The van der Waals surface area contributed by atoms with E-state index in [2.05, 4.69) is 69.7 Å². The smallest absolute Gasteiger partial charge is 0.141 e. The molecule has 0 N–H and O–H groups in total. The van der Waals surface area contributed by atoms with Gasteiger partial charge < -0.3 is 14.5 Å². The first-order valence-electron chi connectivity index (χ1n) is 11.1. The van der Waals surface area contributed by atoms with E-state index >= 15 is 0 Å². The SMILES string of the molecule is COc1ccc(-c2csc3ncnc(N(C)[C@H](CN4CCCC4)c4ccccc4)c23)cc1. The molecule has 0 saturated carbocycles. The molecule has 5 nitrogen and oxygen atoms in total. The molecule has 1 aliphatic rings. The topological polar surface area (TPSA) is 41.5 Å². The van der Waals surface area contributed by atoms with Crippen LogP contribution in [0.25, 0.3) is 21.3 Å². The average molecular weight is 445 g/mol. The van der Waals surface area contributed by atoms with Crippen molar-refractivity contribution in [2.75, 3.05) is 38.7 Å². The van der Waals surface area contributed by atoms with Crippen molar-refractivity contribution in [1.29, 1.82) is 0 Å². The highest BCUT2D eigenvalue weighted by molar-refractivity contribution is 7.17. The summed E-state index contributed by atoms with van der Waals surface area (Å²) in [7, 11) is 3.87. The van der Waals surface area contributed by atoms with E-state index in [1.54, 1.807) is 24.8 Å². The molecule has 1 aliphatic heterocycles. The summed E-state index contributed by atoms with van der Waals surface area (Å²) in [5.41, 5.74) is 3.63. The van der Waals surface area contributed by atoms with E-state index in [0.29, 0.717) is 0 Å². The molecule has 0 radical (unpaired) electrons. The third kappa shape index (κ3) is 4.08. The molecule has 1 saturated heterocycles. The summed E-state index contributed by atoms with van der Waals surface area (Å²) in [6.45, 7) is 3.34. The second kappa shape index (κ2) is 9.27. The van der Waals surface area contributed by atoms with Crippen LogP contribution in [-0.4, -0.2) is 48.7 Å². The number of ether oxygens (including phenoxy) is 1. The van der Waals surface area contributed by atoms with Gasteiger partial charge in [-0.25, -0.2) is 9.97 Å². The van der Waals surface area contributed by atoms with E-state index < -0.39 is 0 Å². The van der Waals surface area contributed by atoms with E-state index in [9.17, 15) is 0 Å². The van der Waals surface area contributed by atoms with Crippen LogP contribution >= 0.6 is 11.3 Å². The van der Waals surface area contributed by atoms with Gasteiger partial charge in [0, 0.05) is 24.5 Å². The summed E-state index contributed by atoms with van der Waals surface area (Å²) >= 11 is 1.67. The lowest BCUT2D eigenvalue weighted by Gasteiger charge is -2.33. The van der Waals surface area contributed by atoms with Crippen LogP contribution in [0.5, 0.6) is 5.75 Å². The zero-order valence-electron chi connectivity index (χ0n) is 18.6. The molecule has 5 rings (SSSR count). The maximum absolute atomic E-state index is 5.34. The number of fused-ring (bicyclic) bond motifs is 1. The van der Waals surface area contributed by atoms with Crippen LogP contribution in [0.4, 0.5) is 5.82 Å². The van der Waals surface area contributed by atoms with E-state index in [0.717, 1.165) is 33.9 Å². The number of anilines is 1. The van der Waals surface area contributed by atoms with Gasteiger partial charge in [0.05, 0.1) is 18.5 Å². The van der Waals surface area contributed by atoms with Crippen LogP contribution in [0, 0.1) is 0 Å². The summed E-state index contributed by atoms with van der Waals surface area (Å²) in [6.07, 6.45) is 4.27. The third-order valence-corrected chi connectivity index (χ3v) is 7.25. The van der Waals surface area contributed by atoms with Crippen molar-refractivity contribution in [1.82, 2.24) is 14.9 Å². The van der Waals surface area contributed by atoms with Gasteiger partial charge in [-0.05, 0) is 49.2 Å². The lowest BCUT2D eigenvalue weighted by atomic mass is 10.0. The highest BCUT2D eigenvalue weighted by atomic mass is 32.1. The Hall–Kier alpha value is -2.96. The summed E-state index contributed by atoms with van der Waals surface area (Å²) in [5.74, 6) is 1.84. The van der Waals surface area contributed by atoms with Crippen molar-refractivity contribution in [3.63, 3.8) is 0 Å². The van der Waals surface area contributed by atoms with Gasteiger partial charge in [-0.3, -0.25) is 0 Å². The maximum Gasteiger partial charge on any atom is 0.141 e. The van der Waals surface area contributed by atoms with Crippen molar-refractivity contribution in [3.8, 4) is 16.9 Å². The van der Waals surface area contributed by atoms with Gasteiger partial charge in [0.1, 0.15) is 22.7 Å². The summed E-state index contributed by atoms with van der Waals surface area (Å²) < 4.78 is 5.34. The zero-order chi connectivity index (χ0) is 21.9. The van der Waals surface area contributed by atoms with E-state index in [4.69, 9.17) is 9.72 Å². The second-order valence-electron chi connectivity index (χ2n) is 8.30. The molecule has 0 spiro atoms. The minimum absolute atomic E-state index is 0.219. The molecule has 164 valence electrons. The van der Waals surface area contributed by atoms with Gasteiger partial charge in [-0.15, -0.1) is 11.3 Å². The average Bonchev–Trinajstić information content (AvgIpc) is 3.52. The first kappa shape index (κ1) is 20.9. The molecule has 0 aliphatic carbocycles. The minimum atomic E-state index is 0.219. The lowest BCUT2D eigenvalue weighted by molar-refractivity contribution is 0.312. The van der Waals surface area contributed by atoms with Crippen LogP contribution < -0.4 is 9.64 Å². The van der Waals surface area contributed by atoms with Gasteiger partial charge in [-0.2, -0.15) is 0 Å². The number of aromatic nitrogens is 2. The Balaban J connectivity index is 1.57. The number of nitrogens with zero attached hydrogens (tertiary/aromatic N) is 4. The Morgan fingerprint density at radius 2 is 1.78 bits per heavy atom. The van der Waals surface area contributed by atoms with E-state index in [1.165, 1.54) is 37.1 Å². The molecule has 1 atom stereocenters. The third-order valence-electron chi connectivity index (χ3n) is 6.37. The Morgan fingerprint density at radius 1 is 1.03 bits per heavy atom. The minimum Gasteiger partial charge on any atom is -0.497 e. The number of benzene rings is 2. The van der Waals surface area contributed by atoms with Gasteiger partial charge in [-0.1, -0.05) is 42.5 Å². The van der Waals surface area contributed by atoms with Gasteiger partial charge in [0.15, 0.2) is 0 Å². The number of hydrogen-bond acceptors (Lipinski definition) is 6. The van der Waals surface area contributed by atoms with Crippen molar-refractivity contribution in [2.45, 2.75) is 18.9 Å². The number of rotatable bonds is 7. The van der Waals surface area contributed by atoms with Crippen LogP contribution in [-0.2, 0) is 0 Å². The summed E-state index contributed by atoms with van der Waals surface area (Å²) in [6, 6.07) is 19.2. The van der Waals surface area contributed by atoms with E-state index in [1.807, 2.05) is 12.1 Å². The molecule has 0 amide bonds. The fourth-order valence-corrected chi connectivity index (χ4v) is 5.50. The Morgan fingerprint density at radius 3 is 2.50 bits per heavy atom. The van der Waals surface area contributed by atoms with E-state index in [-0.39, 0.29) is 6.04 Å². The highest BCUT2D eigenvalue weighted by Gasteiger charge is 2.26. The molecular formula is C26H28N4OS. The van der Waals surface area contributed by atoms with Crippen LogP contribution in [0.3, 0.4) is 0 Å². The fraction of sp³-hybridized carbons (Fsp3) is 0.308. The Kier molecular flexibility index (Phi) is 6.06. The van der Waals surface area contributed by atoms with Crippen LogP contribution in [0.2, 0.25) is 0 Å². The van der Waals surface area contributed by atoms with Crippen molar-refractivity contribution in [2.24, 2.45) is 0 Å². The number of likely N-dealkylation sites (N-methyl/N-ethyl adjacent to an activating group) is 1. The predicted molar refractivity (Wildman–Crippen MR) is 133 cm³/mol. The zero-order valence-corrected chi connectivity index (χ0v) is 19.4. The molecular weight excluding hydrogens is 416 g/mol. The molecule has 4 aromatic rings. The predicted octanol–water partition coefficient (Wildman–Crippen LogP) is 5.64. The Bertz CT molecular complexity index is 1170. The van der Waals surface area contributed by atoms with Crippen molar-refractivity contribution >= 4 is 27.4 Å². The summed E-state index contributed by atoms with van der Waals surface area (Å²) in [4.78, 5) is 15.3. The first-order chi connectivity index (χ1) is 15.7. The van der Waals surface area contributed by atoms with Gasteiger partial charge in [0.25, 0.3) is 0 Å². The number of methoxy groups -OCH3 is 1. The molecule has 1 fully saturated rings. The van der Waals surface area contributed by atoms with Gasteiger partial charge in [0.2, 0.25) is 0 Å². The fourth-order valence-electron chi connectivity index (χ4n) is 4.59. The standard InChI is InChI=1S/C26H28N4OS/c1-29(23(16-30-14-6-7-15-30)20-8-4-3-5-9-20)25-24-22(17-32-26(24)28-18-27-25)19-10-12-21(31-2)13-11-19/h3-5,8-13,17-18,23H,6-7,14-16H2,1-2H3/t23-/m1/s1. The number of thiophene rings is 1. The maximum atomic E-state index is 5.34. The molecule has 6 heteroatoms. The van der Waals surface area contributed by atoms with Crippen LogP contribution in [0.15, 0.2) is 66.3 Å². The lowest BCUT2D eigenvalue weighted by Crippen LogP contribution is -2.35. The first-order valence-corrected chi connectivity index (χ1v) is 12.0. The largest absolute Gasteiger partial charge is 0.497 e. The van der Waals surface area contributed by atoms with Crippen molar-refractivity contribution < 1.29 is 4.74 Å². The number of hydrogen-bond donors (Lipinski definition) is 0. The second-order valence-corrected chi connectivity index (χ2v) is 9.16. The molecule has 2 aromatic heterocycles. The molecule has 0 unspecified atom stereocenters.